The lowest BCUT2D eigenvalue weighted by atomic mass is 10.0. The molecule has 1 aliphatic rings. The molecule has 0 N–H and O–H groups in total. The van der Waals surface area contributed by atoms with E-state index in [4.69, 9.17) is 0 Å². The third-order valence-electron chi connectivity index (χ3n) is 2.45. The molecule has 0 bridgehead atoms. The Morgan fingerprint density at radius 2 is 2.14 bits per heavy atom. The lowest BCUT2D eigenvalue weighted by Crippen LogP contribution is -1.97. The highest BCUT2D eigenvalue weighted by Crippen LogP contribution is 2.23. The summed E-state index contributed by atoms with van der Waals surface area (Å²) in [4.78, 5) is 22.2. The zero-order valence-electron chi connectivity index (χ0n) is 7.62. The van der Waals surface area contributed by atoms with Gasteiger partial charge in [0.25, 0.3) is 0 Å². The van der Waals surface area contributed by atoms with E-state index in [1.165, 1.54) is 0 Å². The van der Waals surface area contributed by atoms with Gasteiger partial charge >= 0.3 is 0 Å². The van der Waals surface area contributed by atoms with Crippen LogP contribution in [0.3, 0.4) is 0 Å². The Morgan fingerprint density at radius 3 is 2.86 bits per heavy atom. The quantitative estimate of drug-likeness (QED) is 0.749. The van der Waals surface area contributed by atoms with Crippen molar-refractivity contribution in [3.05, 3.63) is 34.9 Å². The summed E-state index contributed by atoms with van der Waals surface area (Å²) in [6.07, 6.45) is 1.74. The van der Waals surface area contributed by atoms with Crippen molar-refractivity contribution < 1.29 is 9.59 Å². The van der Waals surface area contributed by atoms with Crippen LogP contribution in [0.5, 0.6) is 0 Å². The normalized spacial score (nSPS) is 14.2. The van der Waals surface area contributed by atoms with Crippen molar-refractivity contribution in [3.8, 4) is 0 Å². The van der Waals surface area contributed by atoms with Crippen LogP contribution in [0.25, 0.3) is 0 Å². The number of hydrogen-bond acceptors (Lipinski definition) is 2. The molecule has 0 unspecified atom stereocenters. The fourth-order valence-corrected chi connectivity index (χ4v) is 1.95. The highest BCUT2D eigenvalue weighted by atomic mass is 32.1. The summed E-state index contributed by atoms with van der Waals surface area (Å²) >= 11 is 3.71. The number of aryl methyl sites for hydroxylation is 1. The fourth-order valence-electron chi connectivity index (χ4n) is 1.77. The molecule has 2 rings (SSSR count). The topological polar surface area (TPSA) is 34.1 Å². The van der Waals surface area contributed by atoms with Crippen LogP contribution in [0, 0.1) is 0 Å². The molecular weight excluding hydrogens is 196 g/mol. The largest absolute Gasteiger partial charge is 0.294 e. The Morgan fingerprint density at radius 1 is 1.36 bits per heavy atom. The maximum atomic E-state index is 11.4. The van der Waals surface area contributed by atoms with E-state index in [0.717, 1.165) is 23.1 Å². The molecule has 0 aromatic heterocycles. The molecule has 0 spiro atoms. The van der Waals surface area contributed by atoms with Crippen LogP contribution in [0.1, 0.15) is 27.9 Å². The Hall–Kier alpha value is -1.09. The molecule has 72 valence electrons. The van der Waals surface area contributed by atoms with Gasteiger partial charge < -0.3 is 0 Å². The fraction of sp³-hybridized carbons (Fsp3) is 0.273. The molecular formula is C11H10O2S. The predicted octanol–water partition coefficient (Wildman–Crippen LogP) is 1.81. The van der Waals surface area contributed by atoms with Crippen LogP contribution < -0.4 is 0 Å². The molecule has 14 heavy (non-hydrogen) atoms. The van der Waals surface area contributed by atoms with Crippen molar-refractivity contribution in [2.45, 2.75) is 19.3 Å². The molecule has 0 heterocycles. The number of fused-ring (bicyclic) bond motifs is 1. The number of ketones is 1. The Bertz CT molecular complexity index is 410. The maximum absolute atomic E-state index is 11.4. The summed E-state index contributed by atoms with van der Waals surface area (Å²) in [5.74, 6) is 0.188. The summed E-state index contributed by atoms with van der Waals surface area (Å²) in [7, 11) is 0. The monoisotopic (exact) mass is 206 g/mol. The Labute approximate surface area is 87.7 Å². The molecule has 0 fully saturated rings. The van der Waals surface area contributed by atoms with E-state index < -0.39 is 0 Å². The summed E-state index contributed by atoms with van der Waals surface area (Å²) < 4.78 is 0. The van der Waals surface area contributed by atoms with Crippen LogP contribution in [-0.2, 0) is 17.6 Å². The number of benzene rings is 1. The van der Waals surface area contributed by atoms with E-state index in [0.29, 0.717) is 12.8 Å². The van der Waals surface area contributed by atoms with Gasteiger partial charge in [-0.3, -0.25) is 9.59 Å². The van der Waals surface area contributed by atoms with Crippen molar-refractivity contribution in [2.24, 2.45) is 0 Å². The first-order valence-corrected chi connectivity index (χ1v) is 4.98. The molecule has 1 aromatic carbocycles. The summed E-state index contributed by atoms with van der Waals surface area (Å²) in [5, 5.41) is -0.171. The average molecular weight is 206 g/mol. The number of thiol groups is 1. The molecule has 0 amide bonds. The molecule has 0 radical (unpaired) electrons. The standard InChI is InChI=1S/C11H10O2S/c12-10-4-3-8-2-1-7(5-9(8)10)6-11(13)14/h1-2,5H,3-4,6H2,(H,13,14). The minimum atomic E-state index is -0.171. The highest BCUT2D eigenvalue weighted by molar-refractivity contribution is 7.96. The maximum Gasteiger partial charge on any atom is 0.190 e. The van der Waals surface area contributed by atoms with Crippen molar-refractivity contribution in [3.63, 3.8) is 0 Å². The third-order valence-corrected chi connectivity index (χ3v) is 2.61. The van der Waals surface area contributed by atoms with E-state index >= 15 is 0 Å². The number of Topliss-reactive ketones (excluding diaryl/α,β-unsaturated/α-hetero) is 1. The lowest BCUT2D eigenvalue weighted by Gasteiger charge is -2.01. The van der Waals surface area contributed by atoms with Gasteiger partial charge in [0.15, 0.2) is 10.9 Å². The van der Waals surface area contributed by atoms with Gasteiger partial charge in [-0.1, -0.05) is 12.1 Å². The Balaban J connectivity index is 2.35. The van der Waals surface area contributed by atoms with Gasteiger partial charge in [-0.2, -0.15) is 0 Å². The van der Waals surface area contributed by atoms with Crippen LogP contribution in [0.15, 0.2) is 18.2 Å². The lowest BCUT2D eigenvalue weighted by molar-refractivity contribution is -0.110. The summed E-state index contributed by atoms with van der Waals surface area (Å²) in [6, 6.07) is 5.65. The first kappa shape index (κ1) is 9.46. The zero-order chi connectivity index (χ0) is 10.1. The van der Waals surface area contributed by atoms with E-state index in [9.17, 15) is 9.59 Å². The van der Waals surface area contributed by atoms with Crippen molar-refractivity contribution in [1.29, 1.82) is 0 Å². The van der Waals surface area contributed by atoms with Gasteiger partial charge in [0.2, 0.25) is 0 Å². The van der Waals surface area contributed by atoms with Crippen LogP contribution in [0.2, 0.25) is 0 Å². The number of rotatable bonds is 2. The van der Waals surface area contributed by atoms with E-state index in [1.807, 2.05) is 18.2 Å². The van der Waals surface area contributed by atoms with Gasteiger partial charge in [-0.15, -0.1) is 12.6 Å². The van der Waals surface area contributed by atoms with Crippen molar-refractivity contribution in [2.75, 3.05) is 0 Å². The minimum absolute atomic E-state index is 0.171. The first-order valence-electron chi connectivity index (χ1n) is 4.53. The SMILES string of the molecule is O=C(S)Cc1ccc2c(c1)C(=O)CC2. The molecule has 1 aliphatic carbocycles. The minimum Gasteiger partial charge on any atom is -0.294 e. The smallest absolute Gasteiger partial charge is 0.190 e. The second kappa shape index (κ2) is 3.58. The molecule has 1 aromatic rings. The van der Waals surface area contributed by atoms with E-state index in [1.54, 1.807) is 0 Å². The average Bonchev–Trinajstić information content (AvgIpc) is 2.47. The Kier molecular flexibility index (Phi) is 2.42. The zero-order valence-corrected chi connectivity index (χ0v) is 8.51. The molecule has 0 atom stereocenters. The molecule has 0 aliphatic heterocycles. The van der Waals surface area contributed by atoms with E-state index in [2.05, 4.69) is 12.6 Å². The third kappa shape index (κ3) is 1.73. The molecule has 3 heteroatoms. The first-order chi connectivity index (χ1) is 6.66. The van der Waals surface area contributed by atoms with Crippen molar-refractivity contribution in [1.82, 2.24) is 0 Å². The highest BCUT2D eigenvalue weighted by Gasteiger charge is 2.19. The number of carbonyl (C=O) groups is 2. The van der Waals surface area contributed by atoms with Crippen molar-refractivity contribution >= 4 is 23.5 Å². The van der Waals surface area contributed by atoms with Gasteiger partial charge in [0.05, 0.1) is 0 Å². The summed E-state index contributed by atoms with van der Waals surface area (Å²) in [6.45, 7) is 0. The van der Waals surface area contributed by atoms with Crippen LogP contribution >= 0.6 is 12.6 Å². The van der Waals surface area contributed by atoms with Gasteiger partial charge in [-0.05, 0) is 23.6 Å². The second-order valence-corrected chi connectivity index (χ2v) is 3.98. The number of carbonyl (C=O) groups excluding carboxylic acids is 2. The van der Waals surface area contributed by atoms with Gasteiger partial charge in [-0.25, -0.2) is 0 Å². The van der Waals surface area contributed by atoms with Gasteiger partial charge in [0, 0.05) is 18.4 Å². The molecule has 2 nitrogen and oxygen atoms in total. The molecule has 0 saturated carbocycles. The second-order valence-electron chi connectivity index (χ2n) is 3.49. The predicted molar refractivity (Wildman–Crippen MR) is 56.8 cm³/mol. The summed E-state index contributed by atoms with van der Waals surface area (Å²) in [5.41, 5.74) is 2.77. The van der Waals surface area contributed by atoms with Crippen LogP contribution in [0.4, 0.5) is 0 Å². The van der Waals surface area contributed by atoms with E-state index in [-0.39, 0.29) is 10.9 Å². The number of hydrogen-bond donors (Lipinski definition) is 1. The molecule has 0 saturated heterocycles. The van der Waals surface area contributed by atoms with Crippen LogP contribution in [-0.4, -0.2) is 10.9 Å². The van der Waals surface area contributed by atoms with Gasteiger partial charge in [0.1, 0.15) is 0 Å².